The van der Waals surface area contributed by atoms with E-state index in [0.717, 1.165) is 18.5 Å². The third kappa shape index (κ3) is 3.26. The van der Waals surface area contributed by atoms with Crippen LogP contribution in [0.1, 0.15) is 56.6 Å². The molecule has 17 heavy (non-hydrogen) atoms. The van der Waals surface area contributed by atoms with E-state index < -0.39 is 0 Å². The lowest BCUT2D eigenvalue weighted by molar-refractivity contribution is 0.445. The molecule has 1 fully saturated rings. The molecular formula is C13H17Cl2NO. The van der Waals surface area contributed by atoms with Gasteiger partial charge in [0.05, 0.1) is 10.7 Å². The number of hydrogen-bond acceptors (Lipinski definition) is 2. The largest absolute Gasteiger partial charge is 0.505 e. The number of halogens is 2. The highest BCUT2D eigenvalue weighted by molar-refractivity contribution is 6.33. The van der Waals surface area contributed by atoms with Gasteiger partial charge >= 0.3 is 0 Å². The van der Waals surface area contributed by atoms with Crippen LogP contribution in [0.3, 0.4) is 0 Å². The van der Waals surface area contributed by atoms with Crippen molar-refractivity contribution in [1.29, 1.82) is 0 Å². The van der Waals surface area contributed by atoms with Gasteiger partial charge in [0.25, 0.3) is 0 Å². The summed E-state index contributed by atoms with van der Waals surface area (Å²) in [6, 6.07) is 1.50. The Hall–Kier alpha value is -0.470. The first-order valence-corrected chi connectivity index (χ1v) is 6.99. The van der Waals surface area contributed by atoms with Crippen molar-refractivity contribution in [3.05, 3.63) is 21.9 Å². The van der Waals surface area contributed by atoms with Crippen LogP contribution in [0.15, 0.2) is 6.07 Å². The first kappa shape index (κ1) is 13.0. The average Bonchev–Trinajstić information content (AvgIpc) is 2.24. The van der Waals surface area contributed by atoms with E-state index >= 15 is 0 Å². The first-order valence-electron chi connectivity index (χ1n) is 6.23. The van der Waals surface area contributed by atoms with Crippen molar-refractivity contribution in [2.45, 2.75) is 50.9 Å². The highest BCUT2D eigenvalue weighted by Gasteiger charge is 2.19. The lowest BCUT2D eigenvalue weighted by Gasteiger charge is -2.20. The van der Waals surface area contributed by atoms with Crippen LogP contribution >= 0.6 is 23.2 Å². The van der Waals surface area contributed by atoms with E-state index in [4.69, 9.17) is 23.2 Å². The lowest BCUT2D eigenvalue weighted by atomic mass is 9.88. The zero-order valence-electron chi connectivity index (χ0n) is 9.75. The van der Waals surface area contributed by atoms with E-state index in [0.29, 0.717) is 10.9 Å². The fourth-order valence-electron chi connectivity index (χ4n) is 2.49. The van der Waals surface area contributed by atoms with Crippen LogP contribution in [-0.4, -0.2) is 10.1 Å². The van der Waals surface area contributed by atoms with Gasteiger partial charge < -0.3 is 5.11 Å². The van der Waals surface area contributed by atoms with Gasteiger partial charge in [-0.05, 0) is 12.8 Å². The maximum absolute atomic E-state index is 9.44. The Labute approximate surface area is 112 Å². The standard InChI is InChI=1S/C13H17Cl2NO/c14-10-8-11(17)13(15)16-12(10)9-6-4-2-1-3-5-7-9/h8-9,17H,1-7H2. The minimum atomic E-state index is -0.0359. The SMILES string of the molecule is Oc1cc(Cl)c(C2CCCCCCC2)nc1Cl. The second-order valence-electron chi connectivity index (χ2n) is 4.71. The molecule has 2 nitrogen and oxygen atoms in total. The Morgan fingerprint density at radius 2 is 1.65 bits per heavy atom. The fourth-order valence-corrected chi connectivity index (χ4v) is 2.93. The Kier molecular flexibility index (Phi) is 4.52. The normalized spacial score (nSPS) is 18.7. The predicted octanol–water partition coefficient (Wildman–Crippen LogP) is 4.92. The van der Waals surface area contributed by atoms with Crippen LogP contribution in [0.5, 0.6) is 5.75 Å². The molecule has 1 heterocycles. The van der Waals surface area contributed by atoms with Crippen molar-refractivity contribution < 1.29 is 5.11 Å². The van der Waals surface area contributed by atoms with Crippen LogP contribution in [-0.2, 0) is 0 Å². The number of rotatable bonds is 1. The zero-order valence-corrected chi connectivity index (χ0v) is 11.3. The van der Waals surface area contributed by atoms with Gasteiger partial charge in [0.2, 0.25) is 0 Å². The smallest absolute Gasteiger partial charge is 0.171 e. The quantitative estimate of drug-likeness (QED) is 0.737. The van der Waals surface area contributed by atoms with Crippen LogP contribution in [0, 0.1) is 0 Å². The molecule has 0 atom stereocenters. The van der Waals surface area contributed by atoms with Gasteiger partial charge in [-0.3, -0.25) is 0 Å². The van der Waals surface area contributed by atoms with Crippen LogP contribution in [0.2, 0.25) is 10.2 Å². The Morgan fingerprint density at radius 3 is 2.29 bits per heavy atom. The molecular weight excluding hydrogens is 257 g/mol. The number of nitrogens with zero attached hydrogens (tertiary/aromatic N) is 1. The van der Waals surface area contributed by atoms with Gasteiger partial charge in [0.15, 0.2) is 10.9 Å². The Morgan fingerprint density at radius 1 is 1.06 bits per heavy atom. The third-order valence-corrected chi connectivity index (χ3v) is 4.01. The minimum Gasteiger partial charge on any atom is -0.505 e. The summed E-state index contributed by atoms with van der Waals surface area (Å²) < 4.78 is 0. The van der Waals surface area contributed by atoms with Crippen molar-refractivity contribution >= 4 is 23.2 Å². The third-order valence-electron chi connectivity index (χ3n) is 3.43. The molecule has 1 aromatic rings. The molecule has 0 aromatic carbocycles. The zero-order chi connectivity index (χ0) is 12.3. The van der Waals surface area contributed by atoms with Gasteiger partial charge in [0.1, 0.15) is 0 Å². The fraction of sp³-hybridized carbons (Fsp3) is 0.615. The predicted molar refractivity (Wildman–Crippen MR) is 71.0 cm³/mol. The van der Waals surface area contributed by atoms with Gasteiger partial charge in [-0.25, -0.2) is 4.98 Å². The molecule has 0 aliphatic heterocycles. The molecule has 0 saturated heterocycles. The molecule has 0 bridgehead atoms. The van der Waals surface area contributed by atoms with E-state index in [1.807, 2.05) is 0 Å². The maximum atomic E-state index is 9.44. The Balaban J connectivity index is 2.21. The molecule has 0 spiro atoms. The van der Waals surface area contributed by atoms with E-state index in [9.17, 15) is 5.11 Å². The second-order valence-corrected chi connectivity index (χ2v) is 5.47. The lowest BCUT2D eigenvalue weighted by Crippen LogP contribution is -2.05. The van der Waals surface area contributed by atoms with E-state index in [2.05, 4.69) is 4.98 Å². The highest BCUT2D eigenvalue weighted by Crippen LogP contribution is 2.36. The maximum Gasteiger partial charge on any atom is 0.171 e. The molecule has 1 aliphatic carbocycles. The summed E-state index contributed by atoms with van der Waals surface area (Å²) >= 11 is 12.0. The second kappa shape index (κ2) is 5.92. The molecule has 1 saturated carbocycles. The average molecular weight is 274 g/mol. The van der Waals surface area contributed by atoms with E-state index in [-0.39, 0.29) is 10.9 Å². The minimum absolute atomic E-state index is 0.0359. The van der Waals surface area contributed by atoms with Crippen molar-refractivity contribution in [3.63, 3.8) is 0 Å². The van der Waals surface area contributed by atoms with Crippen LogP contribution in [0.25, 0.3) is 0 Å². The van der Waals surface area contributed by atoms with Gasteiger partial charge in [-0.2, -0.15) is 0 Å². The Bertz CT molecular complexity index is 387. The molecule has 1 aliphatic rings. The van der Waals surface area contributed by atoms with Crippen LogP contribution in [0.4, 0.5) is 0 Å². The molecule has 0 unspecified atom stereocenters. The molecule has 1 N–H and O–H groups in total. The van der Waals surface area contributed by atoms with E-state index in [1.165, 1.54) is 38.2 Å². The summed E-state index contributed by atoms with van der Waals surface area (Å²) in [5, 5.41) is 10.1. The molecule has 4 heteroatoms. The summed E-state index contributed by atoms with van der Waals surface area (Å²) in [6.07, 6.45) is 8.61. The summed E-state index contributed by atoms with van der Waals surface area (Å²) in [5.74, 6) is 0.354. The molecule has 1 aromatic heterocycles. The summed E-state index contributed by atoms with van der Waals surface area (Å²) in [4.78, 5) is 4.25. The monoisotopic (exact) mass is 273 g/mol. The van der Waals surface area contributed by atoms with Crippen molar-refractivity contribution in [1.82, 2.24) is 4.98 Å². The first-order chi connectivity index (χ1) is 8.18. The summed E-state index contributed by atoms with van der Waals surface area (Å²) in [7, 11) is 0. The molecule has 0 radical (unpaired) electrons. The topological polar surface area (TPSA) is 33.1 Å². The molecule has 2 rings (SSSR count). The molecule has 94 valence electrons. The number of aromatic nitrogens is 1. The van der Waals surface area contributed by atoms with E-state index in [1.54, 1.807) is 0 Å². The number of pyridine rings is 1. The van der Waals surface area contributed by atoms with Gasteiger partial charge in [-0.1, -0.05) is 55.3 Å². The van der Waals surface area contributed by atoms with Crippen molar-refractivity contribution in [3.8, 4) is 5.75 Å². The number of hydrogen-bond donors (Lipinski definition) is 1. The van der Waals surface area contributed by atoms with Crippen molar-refractivity contribution in [2.24, 2.45) is 0 Å². The van der Waals surface area contributed by atoms with Crippen LogP contribution < -0.4 is 0 Å². The van der Waals surface area contributed by atoms with Gasteiger partial charge in [-0.15, -0.1) is 0 Å². The number of aromatic hydroxyl groups is 1. The molecule has 0 amide bonds. The van der Waals surface area contributed by atoms with Crippen molar-refractivity contribution in [2.75, 3.05) is 0 Å². The summed E-state index contributed by atoms with van der Waals surface area (Å²) in [6.45, 7) is 0. The summed E-state index contributed by atoms with van der Waals surface area (Å²) in [5.41, 5.74) is 0.858. The van der Waals surface area contributed by atoms with Gasteiger partial charge in [0, 0.05) is 12.0 Å². The highest BCUT2D eigenvalue weighted by atomic mass is 35.5.